The number of aromatic carboxylic acids is 1. The van der Waals surface area contributed by atoms with Crippen molar-refractivity contribution in [2.45, 2.75) is 25.8 Å². The number of ether oxygens (including phenoxy) is 1. The van der Waals surface area contributed by atoms with Gasteiger partial charge in [0.2, 0.25) is 5.78 Å². The zero-order valence-corrected chi connectivity index (χ0v) is 17.8. The Kier molecular flexibility index (Phi) is 6.52. The molecular formula is C20H19BrClNO5. The number of halogens is 2. The minimum absolute atomic E-state index is 0.0361. The molecule has 28 heavy (non-hydrogen) atoms. The average Bonchev–Trinajstić information content (AvgIpc) is 2.62. The summed E-state index contributed by atoms with van der Waals surface area (Å²) in [7, 11) is 0. The van der Waals surface area contributed by atoms with E-state index in [4.69, 9.17) is 21.4 Å². The van der Waals surface area contributed by atoms with Crippen LogP contribution in [0.5, 0.6) is 5.75 Å². The average molecular weight is 469 g/mol. The van der Waals surface area contributed by atoms with Gasteiger partial charge in [0, 0.05) is 15.6 Å². The van der Waals surface area contributed by atoms with Crippen molar-refractivity contribution in [1.82, 2.24) is 0 Å². The fourth-order valence-corrected chi connectivity index (χ4v) is 2.93. The van der Waals surface area contributed by atoms with E-state index in [1.807, 2.05) is 0 Å². The predicted octanol–water partition coefficient (Wildman–Crippen LogP) is 4.72. The molecule has 0 spiro atoms. The van der Waals surface area contributed by atoms with Crippen molar-refractivity contribution in [3.8, 4) is 5.75 Å². The van der Waals surface area contributed by atoms with Gasteiger partial charge < -0.3 is 15.2 Å². The topological polar surface area (TPSA) is 92.7 Å². The number of nitrogens with one attached hydrogen (secondary N) is 1. The number of amides is 1. The van der Waals surface area contributed by atoms with E-state index in [9.17, 15) is 14.4 Å². The SMILES string of the molecule is CC(C)(C)C(=O)C(Cl)(Oc1ccc(C(=O)O)cc1)C(=O)Nc1ccc(Br)cc1. The van der Waals surface area contributed by atoms with E-state index in [0.717, 1.165) is 4.47 Å². The summed E-state index contributed by atoms with van der Waals surface area (Å²) in [5.74, 6) is -2.51. The number of hydrogen-bond acceptors (Lipinski definition) is 4. The molecule has 0 aliphatic carbocycles. The van der Waals surface area contributed by atoms with Crippen LogP contribution >= 0.6 is 27.5 Å². The van der Waals surface area contributed by atoms with Gasteiger partial charge in [-0.25, -0.2) is 4.79 Å². The van der Waals surface area contributed by atoms with Crippen LogP contribution in [0.15, 0.2) is 53.0 Å². The molecule has 2 aromatic carbocycles. The van der Waals surface area contributed by atoms with Gasteiger partial charge in [-0.3, -0.25) is 9.59 Å². The van der Waals surface area contributed by atoms with Crippen molar-refractivity contribution in [1.29, 1.82) is 0 Å². The maximum Gasteiger partial charge on any atom is 0.335 e. The molecule has 0 saturated carbocycles. The lowest BCUT2D eigenvalue weighted by Gasteiger charge is -2.31. The molecule has 6 nitrogen and oxygen atoms in total. The molecule has 2 aromatic rings. The summed E-state index contributed by atoms with van der Waals surface area (Å²) in [5.41, 5.74) is -0.501. The molecule has 2 N–H and O–H groups in total. The van der Waals surface area contributed by atoms with Crippen molar-refractivity contribution in [2.24, 2.45) is 5.41 Å². The molecule has 0 saturated heterocycles. The van der Waals surface area contributed by atoms with E-state index in [1.54, 1.807) is 45.0 Å². The Labute approximate surface area is 176 Å². The van der Waals surface area contributed by atoms with Gasteiger partial charge in [-0.2, -0.15) is 0 Å². The minimum Gasteiger partial charge on any atom is -0.478 e. The van der Waals surface area contributed by atoms with Crippen molar-refractivity contribution < 1.29 is 24.2 Å². The number of Topliss-reactive ketones (excluding diaryl/α,β-unsaturated/α-hetero) is 1. The van der Waals surface area contributed by atoms with E-state index >= 15 is 0 Å². The molecule has 1 amide bonds. The molecule has 8 heteroatoms. The fourth-order valence-electron chi connectivity index (χ4n) is 2.25. The van der Waals surface area contributed by atoms with Gasteiger partial charge in [0.15, 0.2) is 0 Å². The summed E-state index contributed by atoms with van der Waals surface area (Å²) in [6, 6.07) is 12.0. The Balaban J connectivity index is 2.36. The third-order valence-corrected chi connectivity index (χ3v) is 4.68. The third-order valence-electron chi connectivity index (χ3n) is 3.73. The highest BCUT2D eigenvalue weighted by Crippen LogP contribution is 2.32. The lowest BCUT2D eigenvalue weighted by molar-refractivity contribution is -0.144. The molecule has 0 heterocycles. The number of ketones is 1. The minimum atomic E-state index is -2.34. The number of carbonyl (C=O) groups is 3. The quantitative estimate of drug-likeness (QED) is 0.473. The number of carboxylic acids is 1. The second-order valence-electron chi connectivity index (χ2n) is 7.07. The fraction of sp³-hybridized carbons (Fsp3) is 0.250. The maximum absolute atomic E-state index is 12.9. The molecule has 148 valence electrons. The number of anilines is 1. The first-order chi connectivity index (χ1) is 12.9. The smallest absolute Gasteiger partial charge is 0.335 e. The molecule has 0 aliphatic heterocycles. The van der Waals surface area contributed by atoms with Crippen molar-refractivity contribution in [3.05, 3.63) is 58.6 Å². The number of carboxylic acid groups (broad SMARTS) is 1. The van der Waals surface area contributed by atoms with E-state index < -0.39 is 28.1 Å². The Hall–Kier alpha value is -2.38. The van der Waals surface area contributed by atoms with Crippen molar-refractivity contribution in [3.63, 3.8) is 0 Å². The van der Waals surface area contributed by atoms with Gasteiger partial charge in [-0.15, -0.1) is 0 Å². The normalized spacial score (nSPS) is 13.3. The molecule has 0 fully saturated rings. The van der Waals surface area contributed by atoms with Crippen LogP contribution in [0.2, 0.25) is 0 Å². The highest BCUT2D eigenvalue weighted by atomic mass is 79.9. The predicted molar refractivity (Wildman–Crippen MR) is 110 cm³/mol. The van der Waals surface area contributed by atoms with Crippen LogP contribution in [-0.4, -0.2) is 27.8 Å². The van der Waals surface area contributed by atoms with Crippen LogP contribution in [0.4, 0.5) is 5.69 Å². The summed E-state index contributed by atoms with van der Waals surface area (Å²) in [6.07, 6.45) is 0. The lowest BCUT2D eigenvalue weighted by Crippen LogP contribution is -2.54. The zero-order valence-electron chi connectivity index (χ0n) is 15.5. The Morgan fingerprint density at radius 2 is 1.54 bits per heavy atom. The lowest BCUT2D eigenvalue weighted by atomic mass is 9.86. The third kappa shape index (κ3) is 5.11. The largest absolute Gasteiger partial charge is 0.478 e. The van der Waals surface area contributed by atoms with Crippen LogP contribution in [0.1, 0.15) is 31.1 Å². The van der Waals surface area contributed by atoms with Crippen molar-refractivity contribution >= 4 is 50.9 Å². The second-order valence-corrected chi connectivity index (χ2v) is 8.51. The van der Waals surface area contributed by atoms with Crippen LogP contribution in [0.25, 0.3) is 0 Å². The molecule has 0 aromatic heterocycles. The molecule has 0 aliphatic rings. The van der Waals surface area contributed by atoms with Gasteiger partial charge in [0.1, 0.15) is 5.75 Å². The Morgan fingerprint density at radius 1 is 1.00 bits per heavy atom. The first kappa shape index (κ1) is 21.9. The molecule has 1 unspecified atom stereocenters. The van der Waals surface area contributed by atoms with Gasteiger partial charge in [-0.1, -0.05) is 48.3 Å². The molecule has 1 atom stereocenters. The number of alkyl halides is 1. The summed E-state index contributed by atoms with van der Waals surface area (Å²) in [5, 5.41) is 9.23. The highest BCUT2D eigenvalue weighted by molar-refractivity contribution is 9.10. The van der Waals surface area contributed by atoms with Crippen LogP contribution in [-0.2, 0) is 9.59 Å². The van der Waals surface area contributed by atoms with Gasteiger partial charge in [0.05, 0.1) is 5.56 Å². The summed E-state index contributed by atoms with van der Waals surface area (Å²) in [6.45, 7) is 4.86. The summed E-state index contributed by atoms with van der Waals surface area (Å²) >= 11 is 9.73. The van der Waals surface area contributed by atoms with Crippen LogP contribution in [0.3, 0.4) is 0 Å². The molecular weight excluding hydrogens is 450 g/mol. The Morgan fingerprint density at radius 3 is 2.00 bits per heavy atom. The van der Waals surface area contributed by atoms with Crippen molar-refractivity contribution in [2.75, 3.05) is 5.32 Å². The molecule has 0 radical (unpaired) electrons. The van der Waals surface area contributed by atoms with Gasteiger partial charge in [-0.05, 0) is 48.5 Å². The van der Waals surface area contributed by atoms with E-state index in [-0.39, 0.29) is 11.3 Å². The number of hydrogen-bond donors (Lipinski definition) is 2. The number of rotatable bonds is 6. The highest BCUT2D eigenvalue weighted by Gasteiger charge is 2.51. The zero-order chi connectivity index (χ0) is 21.1. The maximum atomic E-state index is 12.9. The van der Waals surface area contributed by atoms with E-state index in [0.29, 0.717) is 5.69 Å². The van der Waals surface area contributed by atoms with Crippen LogP contribution < -0.4 is 10.1 Å². The van der Waals surface area contributed by atoms with E-state index in [1.165, 1.54) is 24.3 Å². The number of carbonyl (C=O) groups excluding carboxylic acids is 2. The number of benzene rings is 2. The molecule has 0 bridgehead atoms. The van der Waals surface area contributed by atoms with E-state index in [2.05, 4.69) is 21.2 Å². The summed E-state index contributed by atoms with van der Waals surface area (Å²) in [4.78, 5) is 36.8. The summed E-state index contributed by atoms with van der Waals surface area (Å²) < 4.78 is 6.41. The van der Waals surface area contributed by atoms with Crippen LogP contribution in [0, 0.1) is 5.41 Å². The first-order valence-electron chi connectivity index (χ1n) is 8.26. The monoisotopic (exact) mass is 467 g/mol. The van der Waals surface area contributed by atoms with Gasteiger partial charge in [0.25, 0.3) is 5.91 Å². The van der Waals surface area contributed by atoms with Gasteiger partial charge >= 0.3 is 11.0 Å². The standard InChI is InChI=1S/C20H19BrClNO5/c1-19(2,3)17(26)20(22,18(27)23-14-8-6-13(21)7-9-14)28-15-10-4-12(5-11-15)16(24)25/h4-11H,1-3H3,(H,23,27)(H,24,25). The molecule has 2 rings (SSSR count). The Bertz CT molecular complexity index is 890. The second kappa shape index (κ2) is 8.32. The first-order valence-corrected chi connectivity index (χ1v) is 9.44.